The highest BCUT2D eigenvalue weighted by Crippen LogP contribution is 2.22. The predicted molar refractivity (Wildman–Crippen MR) is 88.9 cm³/mol. The number of benzene rings is 1. The summed E-state index contributed by atoms with van der Waals surface area (Å²) in [6.07, 6.45) is -1.95. The number of hydrogen-bond donors (Lipinski definition) is 0. The molecule has 0 spiro atoms. The molecule has 0 aliphatic heterocycles. The second-order valence-electron chi connectivity index (χ2n) is 6.82. The molecule has 0 unspecified atom stereocenters. The zero-order valence-electron chi connectivity index (χ0n) is 14.7. The standard InChI is InChI=1S/C18H22F3NO3/c1-17(2,3)11-22(12-18(19,20)21)15(23)10-7-13-5-8-14(9-6-13)16(24)25-4/h5-10H,11-12H2,1-4H3/b10-7+. The minimum absolute atomic E-state index is 0.0169. The van der Waals surface area contributed by atoms with Crippen molar-refractivity contribution in [2.45, 2.75) is 26.9 Å². The lowest BCUT2D eigenvalue weighted by atomic mass is 9.96. The second kappa shape index (κ2) is 8.18. The Morgan fingerprint density at radius 2 is 1.64 bits per heavy atom. The molecular weight excluding hydrogens is 335 g/mol. The van der Waals surface area contributed by atoms with E-state index in [1.165, 1.54) is 25.3 Å². The van der Waals surface area contributed by atoms with E-state index in [2.05, 4.69) is 4.74 Å². The molecule has 0 aromatic heterocycles. The fraction of sp³-hybridized carbons (Fsp3) is 0.444. The quantitative estimate of drug-likeness (QED) is 0.593. The minimum atomic E-state index is -4.46. The summed E-state index contributed by atoms with van der Waals surface area (Å²) in [6.45, 7) is 3.97. The van der Waals surface area contributed by atoms with E-state index in [9.17, 15) is 22.8 Å². The molecule has 0 heterocycles. The zero-order valence-corrected chi connectivity index (χ0v) is 14.7. The van der Waals surface area contributed by atoms with Crippen LogP contribution < -0.4 is 0 Å². The number of carbonyl (C=O) groups excluding carboxylic acids is 2. The van der Waals surface area contributed by atoms with Crippen LogP contribution in [0.15, 0.2) is 30.3 Å². The van der Waals surface area contributed by atoms with Gasteiger partial charge < -0.3 is 9.64 Å². The van der Waals surface area contributed by atoms with E-state index in [0.29, 0.717) is 11.1 Å². The summed E-state index contributed by atoms with van der Waals surface area (Å²) in [5.41, 5.74) is 0.470. The lowest BCUT2D eigenvalue weighted by Gasteiger charge is -2.29. The van der Waals surface area contributed by atoms with Crippen LogP contribution in [0.25, 0.3) is 6.08 Å². The van der Waals surface area contributed by atoms with E-state index in [4.69, 9.17) is 0 Å². The molecule has 25 heavy (non-hydrogen) atoms. The average Bonchev–Trinajstić information content (AvgIpc) is 2.49. The monoisotopic (exact) mass is 357 g/mol. The van der Waals surface area contributed by atoms with Crippen LogP contribution in [0.3, 0.4) is 0 Å². The maximum Gasteiger partial charge on any atom is 0.406 e. The van der Waals surface area contributed by atoms with Gasteiger partial charge in [0.25, 0.3) is 0 Å². The van der Waals surface area contributed by atoms with Gasteiger partial charge in [0.1, 0.15) is 6.54 Å². The molecule has 0 radical (unpaired) electrons. The molecule has 0 atom stereocenters. The largest absolute Gasteiger partial charge is 0.465 e. The number of methoxy groups -OCH3 is 1. The molecule has 0 saturated carbocycles. The number of carbonyl (C=O) groups is 2. The molecule has 0 bridgehead atoms. The Balaban J connectivity index is 2.87. The minimum Gasteiger partial charge on any atom is -0.465 e. The summed E-state index contributed by atoms with van der Waals surface area (Å²) in [6, 6.07) is 6.18. The summed E-state index contributed by atoms with van der Waals surface area (Å²) >= 11 is 0. The van der Waals surface area contributed by atoms with Crippen molar-refractivity contribution in [3.05, 3.63) is 41.5 Å². The third kappa shape index (κ3) is 7.87. The van der Waals surface area contributed by atoms with Crippen molar-refractivity contribution in [3.63, 3.8) is 0 Å². The fourth-order valence-corrected chi connectivity index (χ4v) is 2.12. The molecule has 7 heteroatoms. The number of rotatable bonds is 5. The summed E-state index contributed by atoms with van der Waals surface area (Å²) in [5, 5.41) is 0. The van der Waals surface area contributed by atoms with Gasteiger partial charge in [-0.15, -0.1) is 0 Å². The van der Waals surface area contributed by atoms with Gasteiger partial charge in [0.2, 0.25) is 5.91 Å². The summed E-state index contributed by atoms with van der Waals surface area (Å²) in [5.74, 6) is -1.21. The van der Waals surface area contributed by atoms with Gasteiger partial charge in [-0.3, -0.25) is 4.79 Å². The van der Waals surface area contributed by atoms with Gasteiger partial charge in [-0.2, -0.15) is 13.2 Å². The summed E-state index contributed by atoms with van der Waals surface area (Å²) < 4.78 is 42.7. The molecule has 0 saturated heterocycles. The number of alkyl halides is 3. The van der Waals surface area contributed by atoms with Gasteiger partial charge in [0.05, 0.1) is 12.7 Å². The molecule has 0 fully saturated rings. The molecule has 0 aliphatic carbocycles. The molecule has 4 nitrogen and oxygen atoms in total. The van der Waals surface area contributed by atoms with E-state index in [-0.39, 0.29) is 6.54 Å². The van der Waals surface area contributed by atoms with Gasteiger partial charge in [-0.1, -0.05) is 32.9 Å². The first-order valence-electron chi connectivity index (χ1n) is 7.63. The van der Waals surface area contributed by atoms with E-state index in [1.54, 1.807) is 32.9 Å². The van der Waals surface area contributed by atoms with Crippen LogP contribution in [0.4, 0.5) is 13.2 Å². The van der Waals surface area contributed by atoms with Crippen LogP contribution in [-0.4, -0.2) is 43.2 Å². The summed E-state index contributed by atoms with van der Waals surface area (Å²) in [7, 11) is 1.26. The normalized spacial score (nSPS) is 12.3. The molecule has 1 rings (SSSR count). The lowest BCUT2D eigenvalue weighted by molar-refractivity contribution is -0.160. The Bertz CT molecular complexity index is 612. The average molecular weight is 357 g/mol. The van der Waals surface area contributed by atoms with Gasteiger partial charge in [-0.05, 0) is 29.2 Å². The number of esters is 1. The van der Waals surface area contributed by atoms with Crippen LogP contribution in [0.1, 0.15) is 36.7 Å². The Hall–Kier alpha value is -2.31. The molecule has 0 aliphatic rings. The fourth-order valence-electron chi connectivity index (χ4n) is 2.12. The van der Waals surface area contributed by atoms with Gasteiger partial charge in [0, 0.05) is 12.6 Å². The highest BCUT2D eigenvalue weighted by Gasteiger charge is 2.34. The highest BCUT2D eigenvalue weighted by molar-refractivity contribution is 5.92. The van der Waals surface area contributed by atoms with Gasteiger partial charge >= 0.3 is 12.1 Å². The first kappa shape index (κ1) is 20.7. The van der Waals surface area contributed by atoms with E-state index in [0.717, 1.165) is 11.0 Å². The summed E-state index contributed by atoms with van der Waals surface area (Å²) in [4.78, 5) is 24.3. The van der Waals surface area contributed by atoms with Crippen molar-refractivity contribution >= 4 is 18.0 Å². The number of ether oxygens (including phenoxy) is 1. The van der Waals surface area contributed by atoms with Gasteiger partial charge in [-0.25, -0.2) is 4.79 Å². The second-order valence-corrected chi connectivity index (χ2v) is 6.82. The maximum atomic E-state index is 12.7. The number of hydrogen-bond acceptors (Lipinski definition) is 3. The van der Waals surface area contributed by atoms with Crippen molar-refractivity contribution in [1.29, 1.82) is 0 Å². The van der Waals surface area contributed by atoms with Crippen LogP contribution in [0, 0.1) is 5.41 Å². The predicted octanol–water partition coefficient (Wildman–Crippen LogP) is 3.92. The van der Waals surface area contributed by atoms with Crippen molar-refractivity contribution in [2.24, 2.45) is 5.41 Å². The van der Waals surface area contributed by atoms with Crippen molar-refractivity contribution in [1.82, 2.24) is 4.90 Å². The molecule has 1 aromatic carbocycles. The highest BCUT2D eigenvalue weighted by atomic mass is 19.4. The number of halogens is 3. The van der Waals surface area contributed by atoms with E-state index >= 15 is 0 Å². The molecule has 1 amide bonds. The Labute approximate surface area is 145 Å². The smallest absolute Gasteiger partial charge is 0.406 e. The van der Waals surface area contributed by atoms with Crippen molar-refractivity contribution in [2.75, 3.05) is 20.2 Å². The third-order valence-corrected chi connectivity index (χ3v) is 3.10. The third-order valence-electron chi connectivity index (χ3n) is 3.10. The van der Waals surface area contributed by atoms with E-state index < -0.39 is 30.0 Å². The Morgan fingerprint density at radius 1 is 1.08 bits per heavy atom. The zero-order chi connectivity index (χ0) is 19.3. The maximum absolute atomic E-state index is 12.7. The Morgan fingerprint density at radius 3 is 2.08 bits per heavy atom. The van der Waals surface area contributed by atoms with Crippen LogP contribution >= 0.6 is 0 Å². The van der Waals surface area contributed by atoms with E-state index in [1.807, 2.05) is 0 Å². The Kier molecular flexibility index (Phi) is 6.78. The first-order valence-corrected chi connectivity index (χ1v) is 7.63. The molecule has 1 aromatic rings. The SMILES string of the molecule is COC(=O)c1ccc(/C=C/C(=O)N(CC(C)(C)C)CC(F)(F)F)cc1. The molecular formula is C18H22F3NO3. The first-order chi connectivity index (χ1) is 11.4. The van der Waals surface area contributed by atoms with Crippen molar-refractivity contribution < 1.29 is 27.5 Å². The molecule has 0 N–H and O–H groups in total. The molecule has 138 valence electrons. The van der Waals surface area contributed by atoms with Crippen molar-refractivity contribution in [3.8, 4) is 0 Å². The topological polar surface area (TPSA) is 46.6 Å². The van der Waals surface area contributed by atoms with Crippen LogP contribution in [0.2, 0.25) is 0 Å². The lowest BCUT2D eigenvalue weighted by Crippen LogP contribution is -2.42. The van der Waals surface area contributed by atoms with Gasteiger partial charge in [0.15, 0.2) is 0 Å². The number of nitrogens with zero attached hydrogens (tertiary/aromatic N) is 1. The number of amides is 1. The van der Waals surface area contributed by atoms with Crippen LogP contribution in [0.5, 0.6) is 0 Å². The van der Waals surface area contributed by atoms with Crippen LogP contribution in [-0.2, 0) is 9.53 Å².